The van der Waals surface area contributed by atoms with Crippen LogP contribution < -0.4 is 0 Å². The van der Waals surface area contributed by atoms with E-state index in [2.05, 4.69) is 4.98 Å². The average Bonchev–Trinajstić information content (AvgIpc) is 3.07. The predicted molar refractivity (Wildman–Crippen MR) is 94.5 cm³/mol. The third kappa shape index (κ3) is 4.52. The summed E-state index contributed by atoms with van der Waals surface area (Å²) < 4.78 is 67.8. The molecule has 27 heavy (non-hydrogen) atoms. The van der Waals surface area contributed by atoms with Crippen molar-refractivity contribution in [1.29, 1.82) is 0 Å². The van der Waals surface area contributed by atoms with Gasteiger partial charge in [0.2, 0.25) is 0 Å². The molecule has 148 valence electrons. The van der Waals surface area contributed by atoms with Crippen LogP contribution in [0.2, 0.25) is 0 Å². The zero-order chi connectivity index (χ0) is 19.7. The molecule has 0 aliphatic carbocycles. The molecule has 1 aliphatic heterocycles. The van der Waals surface area contributed by atoms with Crippen LogP contribution in [0, 0.1) is 5.92 Å². The Morgan fingerprint density at radius 1 is 1.26 bits per heavy atom. The number of nitrogens with zero attached hydrogens (tertiary/aromatic N) is 3. The van der Waals surface area contributed by atoms with E-state index < -0.39 is 21.8 Å². The SMILES string of the molecule is Cn1cnc(S(=O)(=O)N2CCC[C@@H](CCc3ccccc3C(F)(F)F)C2)c1. The fraction of sp³-hybridized carbons (Fsp3) is 0.500. The molecule has 2 aromatic rings. The Kier molecular flexibility index (Phi) is 5.62. The molecule has 1 aromatic carbocycles. The van der Waals surface area contributed by atoms with Crippen molar-refractivity contribution in [2.24, 2.45) is 13.0 Å². The minimum atomic E-state index is -4.38. The number of piperidine rings is 1. The number of sulfonamides is 1. The molecule has 0 saturated carbocycles. The summed E-state index contributed by atoms with van der Waals surface area (Å²) in [5.74, 6) is 0.0264. The lowest BCUT2D eigenvalue weighted by Gasteiger charge is -2.31. The Morgan fingerprint density at radius 3 is 2.67 bits per heavy atom. The van der Waals surface area contributed by atoms with Crippen LogP contribution in [0.15, 0.2) is 41.8 Å². The molecule has 5 nitrogen and oxygen atoms in total. The van der Waals surface area contributed by atoms with Crippen LogP contribution in [0.3, 0.4) is 0 Å². The molecule has 0 unspecified atom stereocenters. The van der Waals surface area contributed by atoms with Gasteiger partial charge in [-0.3, -0.25) is 0 Å². The van der Waals surface area contributed by atoms with Crippen molar-refractivity contribution in [3.8, 4) is 0 Å². The number of alkyl halides is 3. The van der Waals surface area contributed by atoms with E-state index in [9.17, 15) is 21.6 Å². The zero-order valence-electron chi connectivity index (χ0n) is 15.0. The molecule has 0 spiro atoms. The lowest BCUT2D eigenvalue weighted by molar-refractivity contribution is -0.138. The first-order chi connectivity index (χ1) is 12.7. The summed E-state index contributed by atoms with van der Waals surface area (Å²) in [7, 11) is -1.97. The first-order valence-electron chi connectivity index (χ1n) is 8.81. The maximum absolute atomic E-state index is 13.1. The summed E-state index contributed by atoms with van der Waals surface area (Å²) in [6.45, 7) is 0.724. The van der Waals surface area contributed by atoms with Crippen LogP contribution in [0.25, 0.3) is 0 Å². The number of imidazole rings is 1. The van der Waals surface area contributed by atoms with E-state index in [4.69, 9.17) is 0 Å². The highest BCUT2D eigenvalue weighted by Crippen LogP contribution is 2.33. The van der Waals surface area contributed by atoms with Gasteiger partial charge in [0.05, 0.1) is 11.9 Å². The predicted octanol–water partition coefficient (Wildman–Crippen LogP) is 3.47. The maximum atomic E-state index is 13.1. The third-order valence-corrected chi connectivity index (χ3v) is 6.66. The average molecular weight is 401 g/mol. The topological polar surface area (TPSA) is 55.2 Å². The van der Waals surface area contributed by atoms with Gasteiger partial charge in [0.15, 0.2) is 5.03 Å². The quantitative estimate of drug-likeness (QED) is 0.771. The molecule has 1 aliphatic rings. The van der Waals surface area contributed by atoms with Crippen molar-refractivity contribution < 1.29 is 21.6 Å². The second-order valence-electron chi connectivity index (χ2n) is 6.94. The van der Waals surface area contributed by atoms with Gasteiger partial charge in [0.25, 0.3) is 10.0 Å². The highest BCUT2D eigenvalue weighted by molar-refractivity contribution is 7.89. The maximum Gasteiger partial charge on any atom is 0.416 e. The van der Waals surface area contributed by atoms with Crippen LogP contribution in [-0.2, 0) is 29.7 Å². The molecule has 0 amide bonds. The van der Waals surface area contributed by atoms with E-state index in [-0.39, 0.29) is 22.9 Å². The number of benzene rings is 1. The van der Waals surface area contributed by atoms with Crippen LogP contribution in [0.5, 0.6) is 0 Å². The molecule has 1 atom stereocenters. The third-order valence-electron chi connectivity index (χ3n) is 4.91. The molecular formula is C18H22F3N3O2S. The fourth-order valence-electron chi connectivity index (χ4n) is 3.51. The smallest absolute Gasteiger partial charge is 0.339 e. The first-order valence-corrected chi connectivity index (χ1v) is 10.2. The monoisotopic (exact) mass is 401 g/mol. The highest BCUT2D eigenvalue weighted by Gasteiger charge is 2.34. The van der Waals surface area contributed by atoms with Gasteiger partial charge in [-0.15, -0.1) is 0 Å². The van der Waals surface area contributed by atoms with Crippen molar-refractivity contribution >= 4 is 10.0 Å². The number of halogens is 3. The first kappa shape index (κ1) is 19.9. The van der Waals surface area contributed by atoms with Crippen molar-refractivity contribution in [2.75, 3.05) is 13.1 Å². The molecule has 0 N–H and O–H groups in total. The summed E-state index contributed by atoms with van der Waals surface area (Å²) >= 11 is 0. The van der Waals surface area contributed by atoms with E-state index in [1.165, 1.54) is 29.0 Å². The Balaban J connectivity index is 1.68. The minimum absolute atomic E-state index is 0.00747. The molecule has 0 bridgehead atoms. The largest absolute Gasteiger partial charge is 0.416 e. The van der Waals surface area contributed by atoms with Gasteiger partial charge in [-0.05, 0) is 43.2 Å². The van der Waals surface area contributed by atoms with Gasteiger partial charge in [-0.1, -0.05) is 18.2 Å². The molecule has 1 fully saturated rings. The molecule has 1 aromatic heterocycles. The van der Waals surface area contributed by atoms with E-state index in [0.29, 0.717) is 25.9 Å². The van der Waals surface area contributed by atoms with Crippen molar-refractivity contribution in [3.63, 3.8) is 0 Å². The highest BCUT2D eigenvalue weighted by atomic mass is 32.2. The summed E-state index contributed by atoms with van der Waals surface area (Å²) in [4.78, 5) is 3.93. The summed E-state index contributed by atoms with van der Waals surface area (Å²) in [6, 6.07) is 5.57. The van der Waals surface area contributed by atoms with E-state index in [1.54, 1.807) is 17.7 Å². The Morgan fingerprint density at radius 2 is 2.00 bits per heavy atom. The van der Waals surface area contributed by atoms with Gasteiger partial charge in [-0.25, -0.2) is 13.4 Å². The number of aromatic nitrogens is 2. The molecule has 2 heterocycles. The lowest BCUT2D eigenvalue weighted by Crippen LogP contribution is -2.40. The van der Waals surface area contributed by atoms with E-state index in [1.807, 2.05) is 0 Å². The number of hydrogen-bond acceptors (Lipinski definition) is 3. The van der Waals surface area contributed by atoms with Gasteiger partial charge in [-0.2, -0.15) is 17.5 Å². The van der Waals surface area contributed by atoms with E-state index in [0.717, 1.165) is 12.5 Å². The van der Waals surface area contributed by atoms with Crippen LogP contribution in [0.1, 0.15) is 30.4 Å². The Labute approximate surface area is 156 Å². The zero-order valence-corrected chi connectivity index (χ0v) is 15.8. The van der Waals surface area contributed by atoms with Gasteiger partial charge in [0.1, 0.15) is 0 Å². The van der Waals surface area contributed by atoms with Gasteiger partial charge in [0, 0.05) is 26.3 Å². The van der Waals surface area contributed by atoms with Crippen molar-refractivity contribution in [2.45, 2.75) is 36.9 Å². The minimum Gasteiger partial charge on any atom is -0.339 e. The standard InChI is InChI=1S/C18H22F3N3O2S/c1-23-12-17(22-13-23)27(25,26)24-10-4-5-14(11-24)8-9-15-6-2-3-7-16(15)18(19,20)21/h2-3,6-7,12-14H,4-5,8-11H2,1H3/t14-/m0/s1. The number of aryl methyl sites for hydroxylation is 2. The molecule has 9 heteroatoms. The Hall–Kier alpha value is -1.87. The Bertz CT molecular complexity index is 893. The summed E-state index contributed by atoms with van der Waals surface area (Å²) in [5, 5.41) is 0.00747. The summed E-state index contributed by atoms with van der Waals surface area (Å²) in [6.07, 6.45) is 0.803. The van der Waals surface area contributed by atoms with Crippen molar-refractivity contribution in [3.05, 3.63) is 47.9 Å². The molecule has 0 radical (unpaired) electrons. The summed E-state index contributed by atoms with van der Waals surface area (Å²) in [5.41, 5.74) is -0.353. The fourth-order valence-corrected chi connectivity index (χ4v) is 5.03. The van der Waals surface area contributed by atoms with Gasteiger partial charge >= 0.3 is 6.18 Å². The van der Waals surface area contributed by atoms with Crippen LogP contribution in [0.4, 0.5) is 13.2 Å². The lowest BCUT2D eigenvalue weighted by atomic mass is 9.91. The second kappa shape index (κ2) is 7.63. The molecule has 1 saturated heterocycles. The van der Waals surface area contributed by atoms with Crippen LogP contribution >= 0.6 is 0 Å². The van der Waals surface area contributed by atoms with Gasteiger partial charge < -0.3 is 4.57 Å². The normalized spacial score (nSPS) is 19.3. The molecule has 3 rings (SSSR count). The second-order valence-corrected chi connectivity index (χ2v) is 8.83. The number of hydrogen-bond donors (Lipinski definition) is 0. The van der Waals surface area contributed by atoms with E-state index >= 15 is 0 Å². The molecular weight excluding hydrogens is 379 g/mol. The number of rotatable bonds is 5. The van der Waals surface area contributed by atoms with Crippen LogP contribution in [-0.4, -0.2) is 35.4 Å². The van der Waals surface area contributed by atoms with Crippen molar-refractivity contribution in [1.82, 2.24) is 13.9 Å².